The van der Waals surface area contributed by atoms with Gasteiger partial charge in [-0.3, -0.25) is 4.79 Å². The van der Waals surface area contributed by atoms with Gasteiger partial charge in [-0.1, -0.05) is 30.3 Å². The number of para-hydroxylation sites is 1. The fourth-order valence-electron chi connectivity index (χ4n) is 3.44. The van der Waals surface area contributed by atoms with Crippen molar-refractivity contribution in [3.63, 3.8) is 0 Å². The second kappa shape index (κ2) is 8.94. The first kappa shape index (κ1) is 19.3. The summed E-state index contributed by atoms with van der Waals surface area (Å²) in [6.07, 6.45) is 3.99. The van der Waals surface area contributed by atoms with Crippen LogP contribution in [-0.4, -0.2) is 24.7 Å². The highest BCUT2D eigenvalue weighted by Gasteiger charge is 2.20. The lowest BCUT2D eigenvalue weighted by molar-refractivity contribution is -0.128. The minimum Gasteiger partial charge on any atom is -0.491 e. The van der Waals surface area contributed by atoms with E-state index in [0.717, 1.165) is 29.9 Å². The van der Waals surface area contributed by atoms with Gasteiger partial charge < -0.3 is 14.8 Å². The third-order valence-corrected chi connectivity index (χ3v) is 5.00. The zero-order valence-electron chi connectivity index (χ0n) is 16.5. The molecule has 0 spiro atoms. The van der Waals surface area contributed by atoms with Gasteiger partial charge in [-0.2, -0.15) is 0 Å². The smallest absolute Gasteiger partial charge is 0.261 e. The Morgan fingerprint density at radius 2 is 1.78 bits per heavy atom. The summed E-state index contributed by atoms with van der Waals surface area (Å²) < 4.78 is 11.8. The van der Waals surface area contributed by atoms with Crippen LogP contribution in [0.5, 0.6) is 11.5 Å². The van der Waals surface area contributed by atoms with Crippen molar-refractivity contribution in [1.29, 1.82) is 0 Å². The topological polar surface area (TPSA) is 47.6 Å². The van der Waals surface area contributed by atoms with Crippen LogP contribution in [-0.2, 0) is 17.6 Å². The largest absolute Gasteiger partial charge is 0.491 e. The van der Waals surface area contributed by atoms with Crippen molar-refractivity contribution in [3.05, 3.63) is 59.2 Å². The van der Waals surface area contributed by atoms with Crippen LogP contribution in [0.1, 0.15) is 43.4 Å². The van der Waals surface area contributed by atoms with Gasteiger partial charge in [0.15, 0.2) is 6.10 Å². The van der Waals surface area contributed by atoms with Crippen LogP contribution < -0.4 is 14.8 Å². The molecule has 27 heavy (non-hydrogen) atoms. The van der Waals surface area contributed by atoms with E-state index in [0.29, 0.717) is 6.61 Å². The highest BCUT2D eigenvalue weighted by molar-refractivity contribution is 5.81. The van der Waals surface area contributed by atoms with E-state index in [9.17, 15) is 4.79 Å². The number of fused-ring (bicyclic) bond motifs is 1. The molecule has 4 heteroatoms. The summed E-state index contributed by atoms with van der Waals surface area (Å²) >= 11 is 0. The van der Waals surface area contributed by atoms with Crippen LogP contribution in [0.3, 0.4) is 0 Å². The van der Waals surface area contributed by atoms with E-state index in [1.807, 2.05) is 50.2 Å². The van der Waals surface area contributed by atoms with Crippen LogP contribution in [0.2, 0.25) is 0 Å². The predicted octanol–water partition coefficient (Wildman–Crippen LogP) is 4.22. The molecule has 0 aromatic heterocycles. The van der Waals surface area contributed by atoms with E-state index < -0.39 is 6.10 Å². The molecule has 0 saturated heterocycles. The first-order chi connectivity index (χ1) is 13.0. The van der Waals surface area contributed by atoms with E-state index in [1.54, 1.807) is 6.92 Å². The average molecular weight is 367 g/mol. The highest BCUT2D eigenvalue weighted by Crippen LogP contribution is 2.30. The quantitative estimate of drug-likeness (QED) is 0.797. The molecule has 1 amide bonds. The standard InChI is InChI=1S/C23H29NO3/c1-16-9-4-7-13-21(16)26-15-17(2)24-23(25)18(3)27-22-14-8-11-19-10-5-6-12-20(19)22/h4,7-9,11,13-14,17-18H,5-6,10,12,15H2,1-3H3,(H,24,25)/t17-,18-/m1/s1. The Labute approximate surface area is 161 Å². The second-order valence-electron chi connectivity index (χ2n) is 7.35. The lowest BCUT2D eigenvalue weighted by Crippen LogP contribution is -2.43. The monoisotopic (exact) mass is 367 g/mol. The van der Waals surface area contributed by atoms with Crippen LogP contribution in [0.15, 0.2) is 42.5 Å². The Balaban J connectivity index is 1.52. The number of carbonyl (C=O) groups excluding carboxylic acids is 1. The molecule has 0 bridgehead atoms. The Hall–Kier alpha value is -2.49. The molecule has 1 aliphatic rings. The lowest BCUT2D eigenvalue weighted by Gasteiger charge is -2.23. The van der Waals surface area contributed by atoms with Crippen molar-refractivity contribution in [2.24, 2.45) is 0 Å². The van der Waals surface area contributed by atoms with Gasteiger partial charge in [-0.15, -0.1) is 0 Å². The number of aryl methyl sites for hydroxylation is 2. The van der Waals surface area contributed by atoms with Gasteiger partial charge in [-0.05, 0) is 75.3 Å². The SMILES string of the molecule is Cc1ccccc1OC[C@@H](C)NC(=O)[C@@H](C)Oc1cccc2c1CCCC2. The summed E-state index contributed by atoms with van der Waals surface area (Å²) in [7, 11) is 0. The third kappa shape index (κ3) is 5.03. The molecule has 2 aromatic rings. The van der Waals surface area contributed by atoms with Gasteiger partial charge in [0.1, 0.15) is 18.1 Å². The molecule has 4 nitrogen and oxygen atoms in total. The molecule has 1 N–H and O–H groups in total. The van der Waals surface area contributed by atoms with Crippen LogP contribution in [0, 0.1) is 6.92 Å². The first-order valence-corrected chi connectivity index (χ1v) is 9.81. The molecule has 2 aromatic carbocycles. The van der Waals surface area contributed by atoms with E-state index in [-0.39, 0.29) is 11.9 Å². The Morgan fingerprint density at radius 1 is 1.04 bits per heavy atom. The molecular weight excluding hydrogens is 338 g/mol. The average Bonchev–Trinajstić information content (AvgIpc) is 2.67. The van der Waals surface area contributed by atoms with Crippen LogP contribution in [0.25, 0.3) is 0 Å². The fraction of sp³-hybridized carbons (Fsp3) is 0.435. The zero-order chi connectivity index (χ0) is 19.2. The fourth-order valence-corrected chi connectivity index (χ4v) is 3.44. The van der Waals surface area contributed by atoms with Gasteiger partial charge in [0.2, 0.25) is 0 Å². The van der Waals surface area contributed by atoms with Crippen molar-refractivity contribution >= 4 is 5.91 Å². The second-order valence-corrected chi connectivity index (χ2v) is 7.35. The number of benzene rings is 2. The van der Waals surface area contributed by atoms with Gasteiger partial charge in [0, 0.05) is 0 Å². The van der Waals surface area contributed by atoms with Crippen molar-refractivity contribution in [1.82, 2.24) is 5.32 Å². The first-order valence-electron chi connectivity index (χ1n) is 9.81. The van der Waals surface area contributed by atoms with Crippen LogP contribution in [0.4, 0.5) is 0 Å². The van der Waals surface area contributed by atoms with E-state index in [4.69, 9.17) is 9.47 Å². The van der Waals surface area contributed by atoms with Gasteiger partial charge in [-0.25, -0.2) is 0 Å². The lowest BCUT2D eigenvalue weighted by atomic mass is 9.91. The summed E-state index contributed by atoms with van der Waals surface area (Å²) in [6, 6.07) is 13.9. The van der Waals surface area contributed by atoms with Crippen molar-refractivity contribution < 1.29 is 14.3 Å². The number of carbonyl (C=O) groups is 1. The predicted molar refractivity (Wildman–Crippen MR) is 107 cm³/mol. The third-order valence-electron chi connectivity index (χ3n) is 5.00. The molecule has 0 fully saturated rings. The minimum absolute atomic E-state index is 0.104. The molecule has 0 heterocycles. The number of hydrogen-bond donors (Lipinski definition) is 1. The maximum Gasteiger partial charge on any atom is 0.261 e. The zero-order valence-corrected chi connectivity index (χ0v) is 16.5. The molecule has 0 radical (unpaired) electrons. The summed E-state index contributed by atoms with van der Waals surface area (Å²) in [6.45, 7) is 6.17. The van der Waals surface area contributed by atoms with E-state index in [2.05, 4.69) is 11.4 Å². The maximum absolute atomic E-state index is 12.5. The van der Waals surface area contributed by atoms with Crippen molar-refractivity contribution in [3.8, 4) is 11.5 Å². The maximum atomic E-state index is 12.5. The van der Waals surface area contributed by atoms with Gasteiger partial charge >= 0.3 is 0 Å². The van der Waals surface area contributed by atoms with E-state index >= 15 is 0 Å². The highest BCUT2D eigenvalue weighted by atomic mass is 16.5. The Bertz CT molecular complexity index is 787. The van der Waals surface area contributed by atoms with Crippen LogP contribution >= 0.6 is 0 Å². The molecule has 2 atom stereocenters. The molecule has 0 unspecified atom stereocenters. The number of amides is 1. The Kier molecular flexibility index (Phi) is 6.38. The summed E-state index contributed by atoms with van der Waals surface area (Å²) in [5, 5.41) is 2.98. The molecule has 0 aliphatic heterocycles. The minimum atomic E-state index is -0.542. The van der Waals surface area contributed by atoms with Crippen molar-refractivity contribution in [2.45, 2.75) is 58.6 Å². The van der Waals surface area contributed by atoms with Gasteiger partial charge in [0.05, 0.1) is 6.04 Å². The molecular formula is C23H29NO3. The summed E-state index contributed by atoms with van der Waals surface area (Å²) in [4.78, 5) is 12.5. The molecule has 0 saturated carbocycles. The van der Waals surface area contributed by atoms with E-state index in [1.165, 1.54) is 24.0 Å². The van der Waals surface area contributed by atoms with Gasteiger partial charge in [0.25, 0.3) is 5.91 Å². The number of nitrogens with one attached hydrogen (secondary N) is 1. The normalized spacial score (nSPS) is 15.4. The number of rotatable bonds is 7. The Morgan fingerprint density at radius 3 is 2.59 bits per heavy atom. The number of ether oxygens (including phenoxy) is 2. The summed E-state index contributed by atoms with van der Waals surface area (Å²) in [5.41, 5.74) is 3.70. The number of hydrogen-bond acceptors (Lipinski definition) is 3. The molecule has 144 valence electrons. The summed E-state index contributed by atoms with van der Waals surface area (Å²) in [5.74, 6) is 1.57. The molecule has 1 aliphatic carbocycles. The van der Waals surface area contributed by atoms with Crippen molar-refractivity contribution in [2.75, 3.05) is 6.61 Å². The molecule has 3 rings (SSSR count).